The zero-order chi connectivity index (χ0) is 16.4. The maximum absolute atomic E-state index is 12.4. The lowest BCUT2D eigenvalue weighted by Crippen LogP contribution is -2.32. The molecule has 4 nitrogen and oxygen atoms in total. The number of carbonyl (C=O) groups is 1. The van der Waals surface area contributed by atoms with Crippen LogP contribution in [-0.2, 0) is 16.0 Å². The minimum Gasteiger partial charge on any atom is -0.468 e. The molecule has 0 radical (unpaired) electrons. The SMILES string of the molecule is COC(=O)C1CN(CC=C(C)C)CCc2c1[nH]c1ccccc21. The Morgan fingerprint density at radius 2 is 2.17 bits per heavy atom. The average molecular weight is 312 g/mol. The Labute approximate surface area is 137 Å². The van der Waals surface area contributed by atoms with E-state index in [1.165, 1.54) is 23.6 Å². The maximum Gasteiger partial charge on any atom is 0.315 e. The number of allylic oxidation sites excluding steroid dienone is 1. The Balaban J connectivity index is 1.99. The summed E-state index contributed by atoms with van der Waals surface area (Å²) in [6.45, 7) is 6.72. The molecular formula is C19H24N2O2. The van der Waals surface area contributed by atoms with E-state index in [9.17, 15) is 4.79 Å². The summed E-state index contributed by atoms with van der Waals surface area (Å²) in [6, 6.07) is 8.27. The number of H-pyrrole nitrogens is 1. The standard InChI is InChI=1S/C19H24N2O2/c1-13(2)8-10-21-11-9-15-14-6-4-5-7-17(14)20-18(15)16(12-21)19(22)23-3/h4-8,16,20H,9-12H2,1-3H3. The minimum absolute atomic E-state index is 0.165. The Morgan fingerprint density at radius 1 is 1.39 bits per heavy atom. The second kappa shape index (κ2) is 6.59. The number of rotatable bonds is 3. The van der Waals surface area contributed by atoms with Gasteiger partial charge >= 0.3 is 5.97 Å². The van der Waals surface area contributed by atoms with E-state index in [0.717, 1.165) is 30.7 Å². The van der Waals surface area contributed by atoms with Gasteiger partial charge in [0, 0.05) is 36.2 Å². The van der Waals surface area contributed by atoms with Crippen molar-refractivity contribution in [3.63, 3.8) is 0 Å². The molecule has 1 aromatic heterocycles. The van der Waals surface area contributed by atoms with E-state index in [4.69, 9.17) is 4.74 Å². The minimum atomic E-state index is -0.254. The van der Waals surface area contributed by atoms with E-state index in [-0.39, 0.29) is 11.9 Å². The molecule has 0 spiro atoms. The summed E-state index contributed by atoms with van der Waals surface area (Å²) in [5, 5.41) is 1.22. The molecule has 0 saturated heterocycles. The van der Waals surface area contributed by atoms with Crippen molar-refractivity contribution in [3.8, 4) is 0 Å². The van der Waals surface area contributed by atoms with Crippen molar-refractivity contribution in [1.29, 1.82) is 0 Å². The number of esters is 1. The zero-order valence-corrected chi connectivity index (χ0v) is 14.1. The summed E-state index contributed by atoms with van der Waals surface area (Å²) in [6.07, 6.45) is 3.16. The number of para-hydroxylation sites is 1. The van der Waals surface area contributed by atoms with Crippen LogP contribution in [0.3, 0.4) is 0 Å². The fourth-order valence-corrected chi connectivity index (χ4v) is 3.31. The van der Waals surface area contributed by atoms with Crippen LogP contribution in [0.25, 0.3) is 10.9 Å². The third-order valence-corrected chi connectivity index (χ3v) is 4.56. The average Bonchev–Trinajstić information content (AvgIpc) is 2.81. The highest BCUT2D eigenvalue weighted by atomic mass is 16.5. The van der Waals surface area contributed by atoms with Gasteiger partial charge in [-0.1, -0.05) is 29.8 Å². The highest BCUT2D eigenvalue weighted by Gasteiger charge is 2.31. The second-order valence-electron chi connectivity index (χ2n) is 6.43. The summed E-state index contributed by atoms with van der Waals surface area (Å²) < 4.78 is 5.07. The fraction of sp³-hybridized carbons (Fsp3) is 0.421. The summed E-state index contributed by atoms with van der Waals surface area (Å²) in [5.41, 5.74) is 4.69. The predicted octanol–water partition coefficient (Wildman–Crippen LogP) is 3.25. The van der Waals surface area contributed by atoms with E-state index < -0.39 is 0 Å². The molecule has 1 aliphatic heterocycles. The van der Waals surface area contributed by atoms with Crippen molar-refractivity contribution >= 4 is 16.9 Å². The van der Waals surface area contributed by atoms with Crippen molar-refractivity contribution in [2.75, 3.05) is 26.7 Å². The van der Waals surface area contributed by atoms with Crippen molar-refractivity contribution in [1.82, 2.24) is 9.88 Å². The molecule has 0 saturated carbocycles. The molecular weight excluding hydrogens is 288 g/mol. The molecule has 1 atom stereocenters. The lowest BCUT2D eigenvalue weighted by Gasteiger charge is -2.22. The highest BCUT2D eigenvalue weighted by Crippen LogP contribution is 2.32. The highest BCUT2D eigenvalue weighted by molar-refractivity contribution is 5.88. The van der Waals surface area contributed by atoms with Gasteiger partial charge in [-0.3, -0.25) is 9.69 Å². The molecule has 2 heterocycles. The molecule has 0 amide bonds. The van der Waals surface area contributed by atoms with Crippen molar-refractivity contribution in [3.05, 3.63) is 47.2 Å². The first-order valence-electron chi connectivity index (χ1n) is 8.13. The van der Waals surface area contributed by atoms with Gasteiger partial charge < -0.3 is 9.72 Å². The van der Waals surface area contributed by atoms with Crippen molar-refractivity contribution in [2.45, 2.75) is 26.2 Å². The van der Waals surface area contributed by atoms with Gasteiger partial charge in [-0.15, -0.1) is 0 Å². The van der Waals surface area contributed by atoms with Crippen molar-refractivity contribution in [2.24, 2.45) is 0 Å². The smallest absolute Gasteiger partial charge is 0.315 e. The number of nitrogens with zero attached hydrogens (tertiary/aromatic N) is 1. The van der Waals surface area contributed by atoms with E-state index in [1.54, 1.807) is 0 Å². The number of aromatic nitrogens is 1. The third kappa shape index (κ3) is 3.17. The number of carbonyl (C=O) groups excluding carboxylic acids is 1. The molecule has 4 heteroatoms. The van der Waals surface area contributed by atoms with E-state index in [0.29, 0.717) is 6.54 Å². The Kier molecular flexibility index (Phi) is 4.53. The second-order valence-corrected chi connectivity index (χ2v) is 6.43. The Hall–Kier alpha value is -2.07. The van der Waals surface area contributed by atoms with Gasteiger partial charge in [0.1, 0.15) is 5.92 Å². The zero-order valence-electron chi connectivity index (χ0n) is 14.1. The topological polar surface area (TPSA) is 45.3 Å². The molecule has 1 aromatic carbocycles. The van der Waals surface area contributed by atoms with Gasteiger partial charge in [-0.05, 0) is 31.9 Å². The summed E-state index contributed by atoms with van der Waals surface area (Å²) >= 11 is 0. The van der Waals surface area contributed by atoms with Crippen LogP contribution in [0.1, 0.15) is 31.0 Å². The number of ether oxygens (including phenoxy) is 1. The normalized spacial score (nSPS) is 18.3. The number of hydrogen-bond donors (Lipinski definition) is 1. The number of hydrogen-bond acceptors (Lipinski definition) is 3. The number of aromatic amines is 1. The van der Waals surface area contributed by atoms with Crippen LogP contribution in [0.15, 0.2) is 35.9 Å². The molecule has 3 rings (SSSR count). The molecule has 1 unspecified atom stereocenters. The first kappa shape index (κ1) is 15.8. The van der Waals surface area contributed by atoms with Gasteiger partial charge in [-0.2, -0.15) is 0 Å². The first-order valence-corrected chi connectivity index (χ1v) is 8.13. The molecule has 0 aliphatic carbocycles. The molecule has 0 fully saturated rings. The molecule has 122 valence electrons. The van der Waals surface area contributed by atoms with Gasteiger partial charge in [0.15, 0.2) is 0 Å². The van der Waals surface area contributed by atoms with Crippen LogP contribution < -0.4 is 0 Å². The summed E-state index contributed by atoms with van der Waals surface area (Å²) in [4.78, 5) is 18.2. The summed E-state index contributed by atoms with van der Waals surface area (Å²) in [5.74, 6) is -0.419. The fourth-order valence-electron chi connectivity index (χ4n) is 3.31. The van der Waals surface area contributed by atoms with Gasteiger partial charge in [0.2, 0.25) is 0 Å². The number of nitrogens with one attached hydrogen (secondary N) is 1. The third-order valence-electron chi connectivity index (χ3n) is 4.56. The predicted molar refractivity (Wildman–Crippen MR) is 92.6 cm³/mol. The molecule has 1 aliphatic rings. The Morgan fingerprint density at radius 3 is 2.91 bits per heavy atom. The quantitative estimate of drug-likeness (QED) is 0.699. The number of benzene rings is 1. The number of methoxy groups -OCH3 is 1. The van der Waals surface area contributed by atoms with Crippen LogP contribution >= 0.6 is 0 Å². The van der Waals surface area contributed by atoms with Gasteiger partial charge in [0.25, 0.3) is 0 Å². The molecule has 23 heavy (non-hydrogen) atoms. The van der Waals surface area contributed by atoms with Crippen molar-refractivity contribution < 1.29 is 9.53 Å². The van der Waals surface area contributed by atoms with Crippen LogP contribution in [0.5, 0.6) is 0 Å². The largest absolute Gasteiger partial charge is 0.468 e. The molecule has 2 aromatic rings. The lowest BCUT2D eigenvalue weighted by atomic mass is 10.00. The van der Waals surface area contributed by atoms with E-state index >= 15 is 0 Å². The number of fused-ring (bicyclic) bond motifs is 3. The van der Waals surface area contributed by atoms with E-state index in [2.05, 4.69) is 48.0 Å². The van der Waals surface area contributed by atoms with E-state index in [1.807, 2.05) is 6.07 Å². The first-order chi connectivity index (χ1) is 11.1. The monoisotopic (exact) mass is 312 g/mol. The lowest BCUT2D eigenvalue weighted by molar-refractivity contribution is -0.142. The van der Waals surface area contributed by atoms with Crippen LogP contribution in [0.2, 0.25) is 0 Å². The maximum atomic E-state index is 12.4. The van der Waals surface area contributed by atoms with Crippen LogP contribution in [0.4, 0.5) is 0 Å². The van der Waals surface area contributed by atoms with Gasteiger partial charge in [-0.25, -0.2) is 0 Å². The van der Waals surface area contributed by atoms with Crippen LogP contribution in [0, 0.1) is 0 Å². The van der Waals surface area contributed by atoms with Crippen LogP contribution in [-0.4, -0.2) is 42.6 Å². The molecule has 0 bridgehead atoms. The summed E-state index contributed by atoms with van der Waals surface area (Å²) in [7, 11) is 1.47. The Bertz CT molecular complexity index is 741. The molecule has 1 N–H and O–H groups in total. The van der Waals surface area contributed by atoms with Gasteiger partial charge in [0.05, 0.1) is 7.11 Å².